The van der Waals surface area contributed by atoms with E-state index in [1.54, 1.807) is 40.7 Å². The number of rotatable bonds is 9. The van der Waals surface area contributed by atoms with E-state index in [9.17, 15) is 18.9 Å². The number of esters is 2. The number of allylic oxidation sites excluding steroid dienone is 1. The Labute approximate surface area is 216 Å². The zero-order chi connectivity index (χ0) is 27.5. The molecular weight excluding hydrogens is 507 g/mol. The predicted molar refractivity (Wildman–Crippen MR) is 129 cm³/mol. The highest BCUT2D eigenvalue weighted by Gasteiger charge is 2.61. The highest BCUT2D eigenvalue weighted by atomic mass is 31.2. The first-order valence-corrected chi connectivity index (χ1v) is 13.3. The van der Waals surface area contributed by atoms with Crippen LogP contribution in [0.5, 0.6) is 0 Å². The molecule has 1 N–H and O–H groups in total. The minimum atomic E-state index is -4.17. The third-order valence-electron chi connectivity index (χ3n) is 5.82. The first-order valence-electron chi connectivity index (χ1n) is 11.9. The van der Waals surface area contributed by atoms with Crippen molar-refractivity contribution < 1.29 is 46.7 Å². The van der Waals surface area contributed by atoms with Gasteiger partial charge in [0.25, 0.3) is 0 Å². The maximum Gasteiger partial charge on any atom is 0.475 e. The van der Waals surface area contributed by atoms with E-state index in [0.29, 0.717) is 5.70 Å². The number of fused-ring (bicyclic) bond motifs is 1. The molecule has 0 aromatic carbocycles. The molecule has 12 nitrogen and oxygen atoms in total. The van der Waals surface area contributed by atoms with E-state index in [0.717, 1.165) is 0 Å². The van der Waals surface area contributed by atoms with Gasteiger partial charge in [-0.3, -0.25) is 28.1 Å². The second kappa shape index (κ2) is 11.4. The smallest absolute Gasteiger partial charge is 0.462 e. The fourth-order valence-electron chi connectivity index (χ4n) is 4.03. The molecule has 0 spiro atoms. The summed E-state index contributed by atoms with van der Waals surface area (Å²) >= 11 is 0. The number of terminal acetylenes is 1. The zero-order valence-electron chi connectivity index (χ0n) is 21.5. The minimum Gasteiger partial charge on any atom is -0.462 e. The van der Waals surface area contributed by atoms with Crippen molar-refractivity contribution in [3.8, 4) is 12.3 Å². The molecule has 3 heterocycles. The molecule has 0 bridgehead atoms. The normalized spacial score (nSPS) is 31.3. The van der Waals surface area contributed by atoms with Crippen molar-refractivity contribution in [1.82, 2.24) is 10.2 Å². The van der Waals surface area contributed by atoms with Gasteiger partial charge in [0, 0.05) is 11.9 Å². The second-order valence-corrected chi connectivity index (χ2v) is 11.2. The molecule has 2 amide bonds. The van der Waals surface area contributed by atoms with Gasteiger partial charge >= 0.3 is 25.8 Å². The first kappa shape index (κ1) is 28.9. The number of carbonyl (C=O) groups is 3. The Kier molecular flexibility index (Phi) is 8.88. The average Bonchev–Trinajstić information content (AvgIpc) is 3.07. The van der Waals surface area contributed by atoms with Crippen molar-refractivity contribution in [3.05, 3.63) is 24.6 Å². The summed E-state index contributed by atoms with van der Waals surface area (Å²) in [5.41, 5.74) is -0.817. The number of carbonyl (C=O) groups excluding carboxylic acids is 3. The van der Waals surface area contributed by atoms with Crippen molar-refractivity contribution in [1.29, 1.82) is 0 Å². The molecule has 0 saturated carbocycles. The third-order valence-corrected chi connectivity index (χ3v) is 7.27. The average molecular weight is 541 g/mol. The van der Waals surface area contributed by atoms with E-state index in [1.807, 2.05) is 0 Å². The number of amides is 2. The zero-order valence-corrected chi connectivity index (χ0v) is 22.4. The van der Waals surface area contributed by atoms with Gasteiger partial charge in [-0.15, -0.1) is 6.42 Å². The standard InChI is InChI=1S/C24H33N2O10P/c1-8-24(7)19-18(35-22(24)26-11-9-16(6)25-23(26)29)13-32-37(30,36-19)31-12-10-17(20(27)33-14(2)3)21(28)34-15(4)5/h1,9,11,14-15,17-19,22H,6,10,12-13H2,2-5,7H3,(H,25,29)/t18-,19-,22-,24-,37-/m1/s1. The van der Waals surface area contributed by atoms with Crippen LogP contribution < -0.4 is 5.32 Å². The summed E-state index contributed by atoms with van der Waals surface area (Å²) in [6, 6.07) is -0.495. The van der Waals surface area contributed by atoms with Crippen molar-refractivity contribution >= 4 is 25.8 Å². The SMILES string of the molecule is C#C[C@]1(C)[C@@H]2O[P@](=O)(OCCC(C(=O)OC(C)C)C(=O)OC(C)C)OC[C@H]2O[C@H]1N1C=CC(=C)NC1=O. The third kappa shape index (κ3) is 6.43. The molecule has 13 heteroatoms. The maximum atomic E-state index is 13.3. The van der Waals surface area contributed by atoms with Crippen LogP contribution in [0.15, 0.2) is 24.6 Å². The Morgan fingerprint density at radius 1 is 1.30 bits per heavy atom. The Morgan fingerprint density at radius 2 is 1.92 bits per heavy atom. The molecule has 0 aromatic rings. The van der Waals surface area contributed by atoms with Gasteiger partial charge in [-0.25, -0.2) is 9.36 Å². The molecule has 2 saturated heterocycles. The summed E-state index contributed by atoms with van der Waals surface area (Å²) in [5.74, 6) is -0.238. The predicted octanol–water partition coefficient (Wildman–Crippen LogP) is 2.85. The molecule has 0 aliphatic carbocycles. The molecule has 37 heavy (non-hydrogen) atoms. The topological polar surface area (TPSA) is 139 Å². The molecule has 3 rings (SSSR count). The van der Waals surface area contributed by atoms with Crippen LogP contribution in [0.4, 0.5) is 4.79 Å². The highest BCUT2D eigenvalue weighted by molar-refractivity contribution is 7.48. The van der Waals surface area contributed by atoms with Crippen LogP contribution in [-0.2, 0) is 41.9 Å². The number of phosphoric acid groups is 1. The van der Waals surface area contributed by atoms with Gasteiger partial charge in [0.15, 0.2) is 12.1 Å². The van der Waals surface area contributed by atoms with Crippen LogP contribution in [-0.4, -0.2) is 66.7 Å². The lowest BCUT2D eigenvalue weighted by atomic mass is 9.83. The van der Waals surface area contributed by atoms with E-state index in [4.69, 9.17) is 34.2 Å². The van der Waals surface area contributed by atoms with Crippen LogP contribution in [0.25, 0.3) is 0 Å². The Hall–Kier alpha value is -2.68. The van der Waals surface area contributed by atoms with Crippen molar-refractivity contribution in [2.24, 2.45) is 11.3 Å². The molecule has 2 fully saturated rings. The minimum absolute atomic E-state index is 0.184. The Bertz CT molecular complexity index is 1030. The molecule has 5 atom stereocenters. The largest absolute Gasteiger partial charge is 0.475 e. The number of ether oxygens (including phenoxy) is 3. The molecule has 3 aliphatic rings. The lowest BCUT2D eigenvalue weighted by Gasteiger charge is -2.37. The number of hydrogen-bond donors (Lipinski definition) is 1. The van der Waals surface area contributed by atoms with Gasteiger partial charge in [-0.05, 0) is 47.1 Å². The molecule has 0 unspecified atom stereocenters. The lowest BCUT2D eigenvalue weighted by molar-refractivity contribution is -0.167. The van der Waals surface area contributed by atoms with Gasteiger partial charge in [0.05, 0.1) is 25.4 Å². The monoisotopic (exact) mass is 540 g/mol. The fraction of sp³-hybridized carbons (Fsp3) is 0.625. The molecule has 0 aromatic heterocycles. The number of urea groups is 1. The van der Waals surface area contributed by atoms with Crippen LogP contribution >= 0.6 is 7.82 Å². The van der Waals surface area contributed by atoms with Gasteiger partial charge in [-0.1, -0.05) is 12.5 Å². The van der Waals surface area contributed by atoms with Gasteiger partial charge < -0.3 is 19.5 Å². The summed E-state index contributed by atoms with van der Waals surface area (Å²) in [4.78, 5) is 38.7. The van der Waals surface area contributed by atoms with Crippen LogP contribution in [0, 0.1) is 23.7 Å². The van der Waals surface area contributed by atoms with E-state index in [2.05, 4.69) is 17.8 Å². The van der Waals surface area contributed by atoms with Gasteiger partial charge in [-0.2, -0.15) is 0 Å². The van der Waals surface area contributed by atoms with Crippen LogP contribution in [0.3, 0.4) is 0 Å². The quantitative estimate of drug-likeness (QED) is 0.201. The van der Waals surface area contributed by atoms with Gasteiger partial charge in [0.2, 0.25) is 0 Å². The summed E-state index contributed by atoms with van der Waals surface area (Å²) < 4.78 is 46.1. The lowest BCUT2D eigenvalue weighted by Crippen LogP contribution is -2.52. The second-order valence-electron chi connectivity index (χ2n) is 9.55. The Morgan fingerprint density at radius 3 is 2.46 bits per heavy atom. The van der Waals surface area contributed by atoms with Crippen molar-refractivity contribution in [3.63, 3.8) is 0 Å². The number of phosphoric ester groups is 1. The van der Waals surface area contributed by atoms with E-state index < -0.39 is 67.8 Å². The summed E-state index contributed by atoms with van der Waals surface area (Å²) in [6.07, 6.45) is 5.19. The maximum absolute atomic E-state index is 13.3. The van der Waals surface area contributed by atoms with Crippen LogP contribution in [0.1, 0.15) is 41.0 Å². The van der Waals surface area contributed by atoms with Crippen molar-refractivity contribution in [2.45, 2.75) is 71.7 Å². The fourth-order valence-corrected chi connectivity index (χ4v) is 5.52. The van der Waals surface area contributed by atoms with Crippen molar-refractivity contribution in [2.75, 3.05) is 13.2 Å². The molecular formula is C24H33N2O10P. The number of hydrogen-bond acceptors (Lipinski definition) is 10. The summed E-state index contributed by atoms with van der Waals surface area (Å²) in [7, 11) is -4.17. The van der Waals surface area contributed by atoms with E-state index in [-0.39, 0.29) is 19.6 Å². The first-order chi connectivity index (χ1) is 17.3. The summed E-state index contributed by atoms with van der Waals surface area (Å²) in [5, 5.41) is 2.58. The molecule has 0 radical (unpaired) electrons. The van der Waals surface area contributed by atoms with E-state index >= 15 is 0 Å². The summed E-state index contributed by atoms with van der Waals surface area (Å²) in [6.45, 7) is 11.4. The van der Waals surface area contributed by atoms with Gasteiger partial charge in [0.1, 0.15) is 17.6 Å². The molecule has 204 valence electrons. The Balaban J connectivity index is 1.69. The number of nitrogens with zero attached hydrogens (tertiary/aromatic N) is 1. The highest BCUT2D eigenvalue weighted by Crippen LogP contribution is 2.59. The molecule has 3 aliphatic heterocycles. The van der Waals surface area contributed by atoms with Crippen LogP contribution in [0.2, 0.25) is 0 Å². The van der Waals surface area contributed by atoms with E-state index in [1.165, 1.54) is 11.1 Å². The number of nitrogens with one attached hydrogen (secondary N) is 1.